The van der Waals surface area contributed by atoms with Crippen molar-refractivity contribution in [2.24, 2.45) is 10.1 Å². The van der Waals surface area contributed by atoms with Gasteiger partial charge in [-0.1, -0.05) is 199 Å². The number of anilines is 2. The minimum Gasteiger partial charge on any atom is -0.508 e. The van der Waals surface area contributed by atoms with Gasteiger partial charge < -0.3 is 51.7 Å². The second-order valence-electron chi connectivity index (χ2n) is 36.8. The lowest BCUT2D eigenvalue weighted by atomic mass is 9.85. The number of aliphatic imine (C=N–C) groups is 1. The summed E-state index contributed by atoms with van der Waals surface area (Å²) in [4.78, 5) is 54.8. The highest BCUT2D eigenvalue weighted by atomic mass is 32.2. The Morgan fingerprint density at radius 2 is 1.13 bits per heavy atom. The molecule has 1 atom stereocenters. The quantitative estimate of drug-likeness (QED) is 0.0236. The van der Waals surface area contributed by atoms with Crippen molar-refractivity contribution in [2.45, 2.75) is 213 Å². The van der Waals surface area contributed by atoms with Crippen molar-refractivity contribution < 1.29 is 58.5 Å². The third-order valence-corrected chi connectivity index (χ3v) is 29.3. The van der Waals surface area contributed by atoms with Crippen LogP contribution in [-0.4, -0.2) is 106 Å². The first-order chi connectivity index (χ1) is 67.1. The maximum Gasteiger partial charge on any atom is 0.323 e. The second kappa shape index (κ2) is 49.3. The number of urea groups is 1. The van der Waals surface area contributed by atoms with Crippen LogP contribution in [0.25, 0.3) is 27.5 Å². The van der Waals surface area contributed by atoms with Crippen LogP contribution in [0.1, 0.15) is 188 Å². The number of aromatic nitrogens is 3. The number of nitrogens with zero attached hydrogens (tertiary/aromatic N) is 7. The van der Waals surface area contributed by atoms with E-state index in [2.05, 4.69) is 134 Å². The van der Waals surface area contributed by atoms with Gasteiger partial charge in [0.15, 0.2) is 0 Å². The van der Waals surface area contributed by atoms with Crippen LogP contribution in [0.2, 0.25) is 0 Å². The van der Waals surface area contributed by atoms with Gasteiger partial charge in [0, 0.05) is 115 Å². The summed E-state index contributed by atoms with van der Waals surface area (Å²) in [5.41, 5.74) is 22.2. The zero-order valence-electron chi connectivity index (χ0n) is 81.9. The topological polar surface area (TPSA) is 326 Å². The number of aryl methyl sites for hydroxylation is 9. The molecular weight excluding hydrogens is 1870 g/mol. The molecule has 0 saturated heterocycles. The van der Waals surface area contributed by atoms with E-state index in [4.69, 9.17) is 21.9 Å². The summed E-state index contributed by atoms with van der Waals surface area (Å²) in [5.74, 6) is 1.21. The van der Waals surface area contributed by atoms with Gasteiger partial charge in [0.25, 0.3) is 0 Å². The van der Waals surface area contributed by atoms with Crippen LogP contribution < -0.4 is 16.0 Å². The number of hydrazone groups is 1. The number of nitrogens with one attached hydrogen (secondary N) is 3. The molecule has 0 spiro atoms. The van der Waals surface area contributed by atoms with Gasteiger partial charge in [-0.2, -0.15) is 10.2 Å². The number of hydrogen-bond acceptors (Lipinski definition) is 20. The number of thioether (sulfide) groups is 1. The van der Waals surface area contributed by atoms with Crippen molar-refractivity contribution in [1.29, 1.82) is 0 Å². The minimum atomic E-state index is -3.64. The fraction of sp³-hybridized carbons (Fsp3) is 0.252. The van der Waals surface area contributed by atoms with Gasteiger partial charge in [0.1, 0.15) is 39.5 Å². The third kappa shape index (κ3) is 29.7. The standard InChI is InChI=1S/C28H26N4O3S.C22H30O2S.C21H22N4O.C15H14N2S.C14H14O4S.C14H14O2S.CH4/c1-19-12-14-20(15-13-19)28-22(18-31(30-28)21-7-3-2-4-8-21)24-17-23(25-9-6-16-36-25)29-32(24)26(33)10-5-11-27(34)35;1-13-9-15(11-17(19(13)23)21(3,4)5)25-16-10-14(2)20(24)18(12-16)22(6,7)8;26-21(24-17-7-1-5-15(13-17)19-9-3-11-22-19)25-18-8-2-6-16(14-18)20-10-4-12-23-20;1-11-4-7-13(8-5-11)10-18-15-14(16-3)9-6-12(2)17-15;1-9-7-11(3-5-13(9)15)19(17,18)12-4-6-14(16)10(2)8-12;1-9-7-11(15)3-5-13(9)17-14-6-4-12(16)8-10(14)2;/h2-4,6-9,12-16,18,24H,5,10-11,17H2,1H3,(H,34,35);9-12,23-24H,1-8H3;1-2,5-9,13-14,22H,3-4,10-12H2,(H2,24,25,26);4-9H,10H2,1-2H3;3-8,15-16H,1-2H3;3-8,15-16H,1-2H3;1H4. The number of phenols is 6. The van der Waals surface area contributed by atoms with E-state index in [1.807, 2.05) is 197 Å². The van der Waals surface area contributed by atoms with Crippen LogP contribution >= 0.6 is 46.6 Å². The van der Waals surface area contributed by atoms with E-state index in [1.54, 1.807) is 89.7 Å². The summed E-state index contributed by atoms with van der Waals surface area (Å²) in [6.45, 7) is 38.8. The lowest BCUT2D eigenvalue weighted by Crippen LogP contribution is -2.27. The number of hydrogen-bond donors (Lipinski definition) is 10. The number of aliphatic carboxylic acids is 1. The number of carboxylic acids is 1. The third-order valence-electron chi connectivity index (χ3n) is 23.3. The van der Waals surface area contributed by atoms with Gasteiger partial charge in [0.05, 0.1) is 44.4 Å². The molecule has 3 aromatic heterocycles. The van der Waals surface area contributed by atoms with E-state index in [0.29, 0.717) is 34.7 Å². The molecule has 27 heteroatoms. The largest absolute Gasteiger partial charge is 0.508 e. The number of amides is 3. The average Bonchev–Trinajstić information content (AvgIpc) is 1.60. The molecule has 0 bridgehead atoms. The first-order valence-electron chi connectivity index (χ1n) is 46.3. The molecule has 0 aliphatic carbocycles. The van der Waals surface area contributed by atoms with Crippen LogP contribution in [0, 0.1) is 68.9 Å². The van der Waals surface area contributed by atoms with Crippen molar-refractivity contribution >= 4 is 109 Å². The maximum absolute atomic E-state index is 13.3. The maximum atomic E-state index is 13.3. The Morgan fingerprint density at radius 1 is 0.570 bits per heavy atom. The number of pyridine rings is 1. The molecule has 10 N–H and O–H groups in total. The molecule has 0 saturated carbocycles. The number of benzene rings is 11. The number of carbonyl (C=O) groups excluding carboxylic acids is 2. The summed E-state index contributed by atoms with van der Waals surface area (Å²) < 4.78 is 26.6. The number of phenolic OH excluding ortho intramolecular Hbond substituents is 6. The number of rotatable bonds is 21. The van der Waals surface area contributed by atoms with E-state index >= 15 is 0 Å². The number of carbonyl (C=O) groups is 3. The molecule has 3 aliphatic rings. The van der Waals surface area contributed by atoms with Crippen molar-refractivity contribution in [3.8, 4) is 51.4 Å². The number of aromatic hydroxyl groups is 6. The molecule has 14 aromatic rings. The predicted octanol–water partition coefficient (Wildman–Crippen LogP) is 28.1. The molecule has 736 valence electrons. The molecule has 11 aromatic carbocycles. The van der Waals surface area contributed by atoms with Gasteiger partial charge in [-0.3, -0.25) is 19.6 Å². The number of carboxylic acid groups (broad SMARTS) is 1. The number of para-hydroxylation sites is 1. The summed E-state index contributed by atoms with van der Waals surface area (Å²) in [7, 11) is -3.64. The average molecular weight is 2000 g/mol. The molecule has 22 nitrogen and oxygen atoms in total. The zero-order valence-corrected chi connectivity index (χ0v) is 86.0. The normalized spacial score (nSPS) is 13.0. The molecule has 3 amide bonds. The van der Waals surface area contributed by atoms with E-state index < -0.39 is 15.8 Å². The zero-order chi connectivity index (χ0) is 102. The minimum absolute atomic E-state index is 0. The Bertz CT molecular complexity index is 6840. The summed E-state index contributed by atoms with van der Waals surface area (Å²) in [5, 5.41) is 90.6. The van der Waals surface area contributed by atoms with Gasteiger partial charge in [-0.15, -0.1) is 23.1 Å². The van der Waals surface area contributed by atoms with Crippen molar-refractivity contribution in [2.75, 3.05) is 23.7 Å². The predicted molar refractivity (Wildman–Crippen MR) is 578 cm³/mol. The Kier molecular flexibility index (Phi) is 37.6. The fourth-order valence-electron chi connectivity index (χ4n) is 15.5. The van der Waals surface area contributed by atoms with Gasteiger partial charge in [-0.05, 0) is 294 Å². The Hall–Kier alpha value is -14.1. The lowest BCUT2D eigenvalue weighted by Gasteiger charge is -2.24. The Balaban J connectivity index is 0.000000166. The number of sulfone groups is 1. The van der Waals surface area contributed by atoms with Crippen LogP contribution in [0.5, 0.6) is 34.5 Å². The monoisotopic (exact) mass is 2000 g/mol. The van der Waals surface area contributed by atoms with E-state index in [9.17, 15) is 53.4 Å². The summed E-state index contributed by atoms with van der Waals surface area (Å²) in [6, 6.07) is 76.5. The molecule has 6 heterocycles. The highest BCUT2D eigenvalue weighted by Crippen LogP contribution is 2.45. The van der Waals surface area contributed by atoms with Gasteiger partial charge >= 0.3 is 12.0 Å². The summed E-state index contributed by atoms with van der Waals surface area (Å²) in [6.07, 6.45) is 8.22. The highest BCUT2D eigenvalue weighted by molar-refractivity contribution is 7.99. The van der Waals surface area contributed by atoms with Crippen LogP contribution in [0.3, 0.4) is 0 Å². The first kappa shape index (κ1) is 108. The van der Waals surface area contributed by atoms with E-state index in [1.165, 1.54) is 47.5 Å². The SMILES string of the molecule is C.Cc1cc(O)ccc1Sc1ccc(O)cc1C.Cc1cc(S(=O)(=O)c2ccc(O)c(C)c2)ccc1O.Cc1cc(Sc2cc(C)c(O)c(C(C)(C)C)c2)cc(C(C)(C)C)c1O.Cc1ccc(-c2nn(-c3ccccc3)cc2C2CC(c3cccs3)=NN2C(=O)CCCC(=O)O)cc1.O=C(Nc1cccc(C2=CCCN2)c1)Nc1cccc(C2=NCCC2)c1.[C-]#[N+]c1ccc(C)nc1SCc1ccc(C)cc1. The van der Waals surface area contributed by atoms with Crippen LogP contribution in [0.4, 0.5) is 21.9 Å². The van der Waals surface area contributed by atoms with Gasteiger partial charge in [0.2, 0.25) is 21.4 Å². The highest BCUT2D eigenvalue weighted by Gasteiger charge is 2.37. The Morgan fingerprint density at radius 3 is 1.64 bits per heavy atom. The first-order valence-corrected chi connectivity index (χ1v) is 51.3. The van der Waals surface area contributed by atoms with Gasteiger partial charge in [-0.25, -0.2) is 27.7 Å². The molecule has 17 rings (SSSR count). The molecule has 142 heavy (non-hydrogen) atoms. The smallest absolute Gasteiger partial charge is 0.323 e. The molecule has 1 unspecified atom stereocenters. The molecule has 3 aliphatic heterocycles. The lowest BCUT2D eigenvalue weighted by molar-refractivity contribution is -0.137. The second-order valence-corrected chi connectivity index (χ2v) is 42.8. The summed E-state index contributed by atoms with van der Waals surface area (Å²) >= 11 is 6.52. The van der Waals surface area contributed by atoms with Crippen LogP contribution in [-0.2, 0) is 36.0 Å². The molecule has 0 radical (unpaired) electrons. The van der Waals surface area contributed by atoms with Crippen molar-refractivity contribution in [1.82, 2.24) is 25.1 Å². The van der Waals surface area contributed by atoms with E-state index in [0.717, 1.165) is 174 Å². The number of thiophene rings is 1. The molecular formula is C115H124N10O12S5. The van der Waals surface area contributed by atoms with Crippen molar-refractivity contribution in [3.63, 3.8) is 0 Å². The van der Waals surface area contributed by atoms with Crippen molar-refractivity contribution in [3.05, 3.63) is 366 Å². The Labute approximate surface area is 850 Å². The van der Waals surface area contributed by atoms with Crippen LogP contribution in [0.15, 0.2) is 311 Å². The van der Waals surface area contributed by atoms with E-state index in [-0.39, 0.29) is 88.3 Å². The molecule has 0 fully saturated rings. The fourth-order valence-corrected chi connectivity index (χ4v) is 20.6.